The third kappa shape index (κ3) is 8.14. The summed E-state index contributed by atoms with van der Waals surface area (Å²) in [5.74, 6) is 0.787. The molecule has 30 heavy (non-hydrogen) atoms. The van der Waals surface area contributed by atoms with Crippen molar-refractivity contribution in [2.75, 3.05) is 29.9 Å². The summed E-state index contributed by atoms with van der Waals surface area (Å²) in [6.45, 7) is 8.22. The number of benzene rings is 1. The van der Waals surface area contributed by atoms with Crippen molar-refractivity contribution in [3.05, 3.63) is 24.3 Å². The van der Waals surface area contributed by atoms with E-state index >= 15 is 0 Å². The second kappa shape index (κ2) is 11.7. The van der Waals surface area contributed by atoms with Crippen LogP contribution in [-0.4, -0.2) is 40.2 Å². The number of unbranched alkanes of at least 4 members (excludes halogenated alkanes) is 2. The van der Waals surface area contributed by atoms with Gasteiger partial charge in [-0.15, -0.1) is 8.78 Å². The first-order valence-electron chi connectivity index (χ1n) is 10.1. The van der Waals surface area contributed by atoms with Crippen LogP contribution in [0.5, 0.6) is 11.8 Å². The molecule has 0 aliphatic rings. The third-order valence-electron chi connectivity index (χ3n) is 4.07. The molecule has 7 nitrogen and oxygen atoms in total. The van der Waals surface area contributed by atoms with Gasteiger partial charge in [-0.2, -0.15) is 15.0 Å². The molecule has 0 fully saturated rings. The van der Waals surface area contributed by atoms with Gasteiger partial charge in [0.05, 0.1) is 6.61 Å². The fraction of sp³-hybridized carbons (Fsp3) is 0.550. The predicted octanol–water partition coefficient (Wildman–Crippen LogP) is 5.59. The number of aromatic nitrogens is 3. The molecule has 2 aromatic rings. The van der Waals surface area contributed by atoms with Crippen LogP contribution in [0.15, 0.2) is 24.3 Å². The van der Waals surface area contributed by atoms with Crippen molar-refractivity contribution in [2.24, 2.45) is 0 Å². The third-order valence-corrected chi connectivity index (χ3v) is 4.14. The SMILES string of the molecule is CCCCN(CCCC)c1nc(Nc2ccc(OC(F)(F)Cl)cc2)nc(OCC)n1. The number of hydrogen-bond donors (Lipinski definition) is 1. The Labute approximate surface area is 180 Å². The molecule has 2 rings (SSSR count). The number of alkyl halides is 3. The van der Waals surface area contributed by atoms with Crippen LogP contribution >= 0.6 is 11.6 Å². The lowest BCUT2D eigenvalue weighted by atomic mass is 10.3. The lowest BCUT2D eigenvalue weighted by Gasteiger charge is -2.23. The van der Waals surface area contributed by atoms with Gasteiger partial charge in [0.1, 0.15) is 5.75 Å². The maximum Gasteiger partial charge on any atom is 0.487 e. The number of anilines is 3. The summed E-state index contributed by atoms with van der Waals surface area (Å²) in [6, 6.07) is 6.10. The van der Waals surface area contributed by atoms with Crippen molar-refractivity contribution in [1.82, 2.24) is 15.0 Å². The van der Waals surface area contributed by atoms with Crippen molar-refractivity contribution >= 4 is 29.2 Å². The fourth-order valence-electron chi connectivity index (χ4n) is 2.62. The molecule has 0 saturated carbocycles. The van der Waals surface area contributed by atoms with Gasteiger partial charge in [0.25, 0.3) is 0 Å². The number of ether oxygens (including phenoxy) is 2. The Kier molecular flexibility index (Phi) is 9.29. The summed E-state index contributed by atoms with van der Waals surface area (Å²) in [5.41, 5.74) is -3.17. The lowest BCUT2D eigenvalue weighted by molar-refractivity contribution is -0.0964. The minimum atomic E-state index is -3.76. The molecule has 166 valence electrons. The van der Waals surface area contributed by atoms with Gasteiger partial charge >= 0.3 is 11.6 Å². The highest BCUT2D eigenvalue weighted by Crippen LogP contribution is 2.27. The van der Waals surface area contributed by atoms with Gasteiger partial charge in [0, 0.05) is 30.4 Å². The van der Waals surface area contributed by atoms with E-state index in [0.717, 1.165) is 38.8 Å². The average molecular weight is 444 g/mol. The molecule has 0 bridgehead atoms. The highest BCUT2D eigenvalue weighted by atomic mass is 35.5. The minimum Gasteiger partial charge on any atom is -0.464 e. The van der Waals surface area contributed by atoms with Crippen LogP contribution in [0.25, 0.3) is 0 Å². The van der Waals surface area contributed by atoms with Crippen LogP contribution in [0.3, 0.4) is 0 Å². The summed E-state index contributed by atoms with van der Waals surface area (Å²) >= 11 is 4.79. The van der Waals surface area contributed by atoms with Crippen LogP contribution in [-0.2, 0) is 0 Å². The Morgan fingerprint density at radius 3 is 2.17 bits per heavy atom. The lowest BCUT2D eigenvalue weighted by Crippen LogP contribution is -2.28. The van der Waals surface area contributed by atoms with E-state index in [2.05, 4.69) is 43.8 Å². The van der Waals surface area contributed by atoms with Gasteiger partial charge in [0.2, 0.25) is 11.9 Å². The van der Waals surface area contributed by atoms with Crippen LogP contribution in [0, 0.1) is 0 Å². The molecule has 1 aromatic carbocycles. The molecule has 10 heteroatoms. The monoisotopic (exact) mass is 443 g/mol. The van der Waals surface area contributed by atoms with E-state index < -0.39 is 5.57 Å². The Morgan fingerprint density at radius 2 is 1.63 bits per heavy atom. The summed E-state index contributed by atoms with van der Waals surface area (Å²) in [4.78, 5) is 15.4. The Morgan fingerprint density at radius 1 is 1.00 bits per heavy atom. The van der Waals surface area contributed by atoms with Crippen molar-refractivity contribution in [2.45, 2.75) is 52.0 Å². The Bertz CT molecular complexity index is 767. The number of hydrogen-bond acceptors (Lipinski definition) is 7. The van der Waals surface area contributed by atoms with Crippen LogP contribution in [0.1, 0.15) is 46.5 Å². The summed E-state index contributed by atoms with van der Waals surface area (Å²) < 4.78 is 35.3. The Balaban J connectivity index is 2.23. The molecular formula is C20H28ClF2N5O2. The van der Waals surface area contributed by atoms with Gasteiger partial charge in [-0.25, -0.2) is 0 Å². The second-order valence-corrected chi connectivity index (χ2v) is 7.01. The predicted molar refractivity (Wildman–Crippen MR) is 114 cm³/mol. The average Bonchev–Trinajstić information content (AvgIpc) is 2.68. The van der Waals surface area contributed by atoms with Crippen LogP contribution < -0.4 is 19.7 Å². The van der Waals surface area contributed by atoms with Crippen molar-refractivity contribution in [1.29, 1.82) is 0 Å². The number of nitrogens with one attached hydrogen (secondary N) is 1. The number of nitrogens with zero attached hydrogens (tertiary/aromatic N) is 4. The largest absolute Gasteiger partial charge is 0.487 e. The van der Waals surface area contributed by atoms with E-state index in [-0.39, 0.29) is 11.8 Å². The van der Waals surface area contributed by atoms with Crippen molar-refractivity contribution in [3.8, 4) is 11.8 Å². The molecule has 0 amide bonds. The molecule has 0 saturated heterocycles. The zero-order valence-corrected chi connectivity index (χ0v) is 18.3. The van der Waals surface area contributed by atoms with Gasteiger partial charge in [-0.1, -0.05) is 26.7 Å². The molecule has 0 spiro atoms. The van der Waals surface area contributed by atoms with E-state index in [1.807, 2.05) is 6.92 Å². The maximum atomic E-state index is 12.8. The normalized spacial score (nSPS) is 11.3. The smallest absolute Gasteiger partial charge is 0.464 e. The maximum absolute atomic E-state index is 12.8. The van der Waals surface area contributed by atoms with Crippen LogP contribution in [0.4, 0.5) is 26.4 Å². The van der Waals surface area contributed by atoms with E-state index in [4.69, 9.17) is 16.3 Å². The van der Waals surface area contributed by atoms with Crippen LogP contribution in [0.2, 0.25) is 0 Å². The van der Waals surface area contributed by atoms with Crippen molar-refractivity contribution < 1.29 is 18.3 Å². The molecule has 0 aliphatic carbocycles. The molecule has 0 radical (unpaired) electrons. The number of halogens is 3. The fourth-order valence-corrected chi connectivity index (χ4v) is 2.70. The highest BCUT2D eigenvalue weighted by molar-refractivity contribution is 6.20. The molecule has 1 heterocycles. The highest BCUT2D eigenvalue weighted by Gasteiger charge is 2.27. The van der Waals surface area contributed by atoms with E-state index in [1.54, 1.807) is 12.1 Å². The molecule has 0 atom stereocenters. The van der Waals surface area contributed by atoms with Gasteiger partial charge in [0.15, 0.2) is 0 Å². The molecular weight excluding hydrogens is 416 g/mol. The minimum absolute atomic E-state index is 0.0582. The molecule has 1 N–H and O–H groups in total. The first kappa shape index (κ1) is 23.9. The zero-order valence-electron chi connectivity index (χ0n) is 17.5. The van der Waals surface area contributed by atoms with Gasteiger partial charge in [-0.3, -0.25) is 0 Å². The van der Waals surface area contributed by atoms with E-state index in [0.29, 0.717) is 24.2 Å². The number of rotatable bonds is 13. The van der Waals surface area contributed by atoms with E-state index in [1.165, 1.54) is 12.1 Å². The summed E-state index contributed by atoms with van der Waals surface area (Å²) in [6.07, 6.45) is 4.17. The van der Waals surface area contributed by atoms with E-state index in [9.17, 15) is 8.78 Å². The summed E-state index contributed by atoms with van der Waals surface area (Å²) in [5, 5.41) is 3.06. The standard InChI is InChI=1S/C20H28ClF2N5O2/c1-4-7-13-28(14-8-5-2)18-25-17(26-19(27-18)29-6-3)24-15-9-11-16(12-10-15)30-20(21,22)23/h9-12H,4-8,13-14H2,1-3H3,(H,24,25,26,27). The van der Waals surface area contributed by atoms with Crippen molar-refractivity contribution in [3.63, 3.8) is 0 Å². The second-order valence-electron chi connectivity index (χ2n) is 6.57. The molecule has 0 unspecified atom stereocenters. The van der Waals surface area contributed by atoms with Gasteiger partial charge in [-0.05, 0) is 44.0 Å². The first-order valence-corrected chi connectivity index (χ1v) is 10.5. The Hall–Kier alpha value is -2.42. The quantitative estimate of drug-likeness (QED) is 0.404. The molecule has 1 aromatic heterocycles. The molecule has 0 aliphatic heterocycles. The first-order chi connectivity index (χ1) is 14.3. The zero-order chi connectivity index (χ0) is 22.0. The topological polar surface area (TPSA) is 72.4 Å². The summed E-state index contributed by atoms with van der Waals surface area (Å²) in [7, 11) is 0. The van der Waals surface area contributed by atoms with Gasteiger partial charge < -0.3 is 19.7 Å².